The summed E-state index contributed by atoms with van der Waals surface area (Å²) in [7, 11) is 1.61. The van der Waals surface area contributed by atoms with Gasteiger partial charge in [0.05, 0.1) is 65.1 Å². The monoisotopic (exact) mass is 1290 g/mol. The number of methoxy groups -OCH3 is 2. The molecule has 28 heteroatoms. The Morgan fingerprint density at radius 3 is 2.15 bits per heavy atom. The Balaban J connectivity index is 1.71. The Labute approximate surface area is 524 Å². The molecule has 4 saturated heterocycles. The van der Waals surface area contributed by atoms with Crippen molar-refractivity contribution in [1.29, 1.82) is 0 Å². The van der Waals surface area contributed by atoms with Gasteiger partial charge in [-0.1, -0.05) is 65.8 Å². The maximum absolute atomic E-state index is 16.1. The molecule has 5 rings (SSSR count). The summed E-state index contributed by atoms with van der Waals surface area (Å²) in [5, 5.41) is 41.5. The number of nitro benzene ring substituents is 1. The van der Waals surface area contributed by atoms with Crippen LogP contribution in [-0.2, 0) is 81.3 Å². The summed E-state index contributed by atoms with van der Waals surface area (Å²) in [5.41, 5.74) is -4.16. The van der Waals surface area contributed by atoms with E-state index in [-0.39, 0.29) is 49.6 Å². The second-order valence-electron chi connectivity index (χ2n) is 26.2. The van der Waals surface area contributed by atoms with Crippen LogP contribution >= 0.6 is 0 Å². The van der Waals surface area contributed by atoms with Crippen LogP contribution in [0.1, 0.15) is 130 Å². The molecule has 4 N–H and O–H groups in total. The first kappa shape index (κ1) is 75.2. The molecular weight excluding hydrogens is 1190 g/mol. The fourth-order valence-corrected chi connectivity index (χ4v) is 13.9. The van der Waals surface area contributed by atoms with E-state index in [4.69, 9.17) is 56.9 Å². The lowest BCUT2D eigenvalue weighted by Crippen LogP contribution is -2.59. The van der Waals surface area contributed by atoms with Crippen molar-refractivity contribution in [3.8, 4) is 0 Å². The molecule has 0 saturated carbocycles. The zero-order chi connectivity index (χ0) is 66.8. The number of Topliss-reactive ketones (excluding diaryl/α,β-unsaturated/α-hetero) is 1. The summed E-state index contributed by atoms with van der Waals surface area (Å²) in [6.45, 7) is 25.3. The molecule has 22 atom stereocenters. The van der Waals surface area contributed by atoms with E-state index < -0.39 is 182 Å². The van der Waals surface area contributed by atoms with Crippen LogP contribution in [0.15, 0.2) is 34.3 Å². The van der Waals surface area contributed by atoms with Gasteiger partial charge >= 0.3 is 18.0 Å². The molecule has 27 nitrogen and oxygen atoms in total. The average Bonchev–Trinajstić information content (AvgIpc) is 1.29. The van der Waals surface area contributed by atoms with Crippen LogP contribution in [0.5, 0.6) is 0 Å². The molecule has 4 fully saturated rings. The number of nitro groups is 1. The van der Waals surface area contributed by atoms with E-state index in [1.165, 1.54) is 61.2 Å². The number of benzene rings is 1. The Kier molecular flexibility index (Phi) is 27.3. The van der Waals surface area contributed by atoms with Crippen LogP contribution in [0.3, 0.4) is 0 Å². The number of nitrogens with one attached hydrogen (secondary N) is 2. The van der Waals surface area contributed by atoms with Gasteiger partial charge in [0.15, 0.2) is 35.1 Å². The minimum absolute atomic E-state index is 0.0529. The van der Waals surface area contributed by atoms with Crippen LogP contribution in [-0.4, -0.2) is 209 Å². The molecule has 89 heavy (non-hydrogen) atoms. The van der Waals surface area contributed by atoms with Crippen LogP contribution < -0.4 is 10.0 Å². The lowest BCUT2D eigenvalue weighted by Gasteiger charge is -2.45. The fourth-order valence-electron chi connectivity index (χ4n) is 12.5. The number of carbonyl (C=O) groups excluding carboxylic acids is 4. The molecule has 4 heterocycles. The highest BCUT2D eigenvalue weighted by Gasteiger charge is 2.53. The Hall–Kier alpha value is -4.56. The number of aliphatic hydroxyl groups is 2. The smallest absolute Gasteiger partial charge is 0.408 e. The third-order valence-corrected chi connectivity index (χ3v) is 18.9. The van der Waals surface area contributed by atoms with E-state index in [0.29, 0.717) is 13.0 Å². The predicted octanol–water partition coefficient (Wildman–Crippen LogP) is 5.67. The van der Waals surface area contributed by atoms with Crippen LogP contribution in [0, 0.1) is 51.5 Å². The van der Waals surface area contributed by atoms with Gasteiger partial charge in [-0.3, -0.25) is 24.5 Å². The number of oxime groups is 1. The van der Waals surface area contributed by atoms with Crippen LogP contribution in [0.25, 0.3) is 0 Å². The van der Waals surface area contributed by atoms with Crippen molar-refractivity contribution in [3.05, 3.63) is 34.4 Å². The lowest BCUT2D eigenvalue weighted by atomic mass is 9.74. The van der Waals surface area contributed by atoms with Crippen molar-refractivity contribution in [3.63, 3.8) is 0 Å². The number of nitrogens with zero attached hydrogens (tertiary/aromatic N) is 3. The highest BCUT2D eigenvalue weighted by molar-refractivity contribution is 7.89. The Morgan fingerprint density at radius 1 is 0.876 bits per heavy atom. The van der Waals surface area contributed by atoms with Gasteiger partial charge in [-0.25, -0.2) is 17.9 Å². The molecule has 1 aromatic carbocycles. The van der Waals surface area contributed by atoms with Crippen molar-refractivity contribution >= 4 is 45.2 Å². The van der Waals surface area contributed by atoms with Crippen molar-refractivity contribution < 1.29 is 99.7 Å². The van der Waals surface area contributed by atoms with Gasteiger partial charge in [0.1, 0.15) is 43.7 Å². The van der Waals surface area contributed by atoms with Crippen molar-refractivity contribution in [2.45, 2.75) is 238 Å². The standard InChI is InChI=1S/C61H101N5O22S/c1-31(2)24-45(67)84-51-38(9)50(33(4)29-80-58-54(78-18)53(77-17)47(68)41(12)83-58)86-56(71)40(11)52(85-46-25-34(5)65(16)28-36(7)81-46)37(8)49(87-57-48(69)42(64-79-19)26-35(6)82-57)32(3)27-61(15,55(70)39(51)10)88-59(72)63-60(13,14)30-62-89(75,76)44-23-21-20-22-43(44)66(73)74/h20-23,31-41,46-54,57-58,62,68-69H,24-30H2,1-19H3,(H,63,72)/t32?,33?,34-,35-,36+,37?,38?,39?,40?,41-,46+,47-,48-,49?,50?,51?,52?,53-,54-,57+,58-,61?/m1/s1. The van der Waals surface area contributed by atoms with Gasteiger partial charge in [0, 0.05) is 76.4 Å². The molecule has 0 radical (unpaired) electrons. The van der Waals surface area contributed by atoms with E-state index in [1.807, 2.05) is 34.7 Å². The Morgan fingerprint density at radius 2 is 1.53 bits per heavy atom. The topological polar surface area (TPSA) is 336 Å². The van der Waals surface area contributed by atoms with Crippen molar-refractivity contribution in [2.75, 3.05) is 48.1 Å². The second kappa shape index (κ2) is 32.3. The number of ketones is 1. The lowest BCUT2D eigenvalue weighted by molar-refractivity contribution is -0.387. The summed E-state index contributed by atoms with van der Waals surface area (Å²) >= 11 is 0. The SMILES string of the molecule is CON=C1C[C@@H](C)O[C@@H](OC2C(C)CC(C)(OC(=O)NC(C)(C)CNS(=O)(=O)c3ccccc3[N+](=O)[O-])C(=O)C(C)C(OC(=O)CC(C)C)C(C)C(C(C)CO[C@@H]3O[C@H](C)[C@@H](O)[C@@H](OC)[C@H]3OC)OC(=O)C(C)C(O[C@H]3C[C@@H](C)N(C)C[C@H](C)O3)C2C)[C@@H]1O. The molecule has 0 aromatic heterocycles. The third-order valence-electron chi connectivity index (χ3n) is 17.4. The number of hydrogen-bond acceptors (Lipinski definition) is 24. The Bertz CT molecular complexity index is 2670. The molecular formula is C61H101N5O22S. The van der Waals surface area contributed by atoms with Gasteiger partial charge in [-0.05, 0) is 86.8 Å². The molecule has 0 aliphatic carbocycles. The van der Waals surface area contributed by atoms with Gasteiger partial charge in [0.25, 0.3) is 5.69 Å². The molecule has 508 valence electrons. The molecule has 4 aliphatic rings. The van der Waals surface area contributed by atoms with E-state index in [9.17, 15) is 38.3 Å². The van der Waals surface area contributed by atoms with E-state index in [2.05, 4.69) is 20.1 Å². The number of likely N-dealkylation sites (N-methyl/N-ethyl adjacent to an activating group) is 1. The first-order valence-electron chi connectivity index (χ1n) is 30.8. The van der Waals surface area contributed by atoms with Crippen molar-refractivity contribution in [1.82, 2.24) is 14.9 Å². The zero-order valence-corrected chi connectivity index (χ0v) is 56.1. The summed E-state index contributed by atoms with van der Waals surface area (Å²) in [5.74, 6) is -8.53. The van der Waals surface area contributed by atoms with Gasteiger partial charge in [0.2, 0.25) is 10.0 Å². The summed E-state index contributed by atoms with van der Waals surface area (Å²) < 4.78 is 99.9. The molecule has 1 amide bonds. The number of para-hydroxylation sites is 1. The normalized spacial score (nSPS) is 36.7. The highest BCUT2D eigenvalue weighted by atomic mass is 32.2. The highest BCUT2D eigenvalue weighted by Crippen LogP contribution is 2.41. The molecule has 0 bridgehead atoms. The molecule has 4 aliphatic heterocycles. The number of cyclic esters (lactones) is 1. The van der Waals surface area contributed by atoms with E-state index >= 15 is 9.59 Å². The summed E-state index contributed by atoms with van der Waals surface area (Å²) in [4.78, 5) is 78.1. The quantitative estimate of drug-likeness (QED) is 0.0498. The summed E-state index contributed by atoms with van der Waals surface area (Å²) in [6.07, 6.45) is -15.4. The van der Waals surface area contributed by atoms with Gasteiger partial charge in [-0.2, -0.15) is 0 Å². The number of carbonyl (C=O) groups is 4. The number of hydrogen-bond donors (Lipinski definition) is 4. The first-order chi connectivity index (χ1) is 41.5. The number of alkyl carbamates (subject to hydrolysis) is 1. The number of rotatable bonds is 21. The predicted molar refractivity (Wildman–Crippen MR) is 322 cm³/mol. The maximum atomic E-state index is 16.1. The van der Waals surface area contributed by atoms with E-state index in [0.717, 1.165) is 12.1 Å². The number of sulfonamides is 1. The van der Waals surface area contributed by atoms with Crippen molar-refractivity contribution in [2.24, 2.45) is 46.6 Å². The number of amides is 1. The summed E-state index contributed by atoms with van der Waals surface area (Å²) in [6, 6.07) is 4.72. The number of aliphatic hydroxyl groups excluding tert-OH is 2. The van der Waals surface area contributed by atoms with Gasteiger partial charge in [-0.15, -0.1) is 0 Å². The third kappa shape index (κ3) is 19.5. The van der Waals surface area contributed by atoms with E-state index in [1.54, 1.807) is 48.5 Å². The second-order valence-corrected chi connectivity index (χ2v) is 28.0. The van der Waals surface area contributed by atoms with Gasteiger partial charge < -0.3 is 77.4 Å². The first-order valence-corrected chi connectivity index (χ1v) is 32.3. The maximum Gasteiger partial charge on any atom is 0.408 e. The molecule has 11 unspecified atom stereocenters. The minimum atomic E-state index is -4.55. The number of ether oxygens (including phenoxy) is 11. The molecule has 1 aromatic rings. The van der Waals surface area contributed by atoms with Crippen LogP contribution in [0.4, 0.5) is 10.5 Å². The largest absolute Gasteiger partial charge is 0.461 e. The molecule has 0 spiro atoms. The number of esters is 2. The average molecular weight is 1290 g/mol. The zero-order valence-electron chi connectivity index (χ0n) is 55.3. The van der Waals surface area contributed by atoms with Crippen LogP contribution in [0.2, 0.25) is 0 Å². The minimum Gasteiger partial charge on any atom is -0.461 e. The fraction of sp³-hybridized carbons (Fsp3) is 0.820.